The average Bonchev–Trinajstić information content (AvgIpc) is 3.39. The normalized spacial score (nSPS) is 11.2. The van der Waals surface area contributed by atoms with Crippen LogP contribution < -0.4 is 9.64 Å². The fourth-order valence-corrected chi connectivity index (χ4v) is 4.68. The molecule has 1 amide bonds. The minimum absolute atomic E-state index is 0.165. The van der Waals surface area contributed by atoms with Crippen LogP contribution in [0.4, 0.5) is 5.13 Å². The molecule has 0 unspecified atom stereocenters. The first-order valence-corrected chi connectivity index (χ1v) is 11.1. The lowest BCUT2D eigenvalue weighted by Gasteiger charge is -2.20. The van der Waals surface area contributed by atoms with Crippen molar-refractivity contribution in [1.82, 2.24) is 19.4 Å². The van der Waals surface area contributed by atoms with Crippen LogP contribution in [0.5, 0.6) is 5.75 Å². The number of carbonyl (C=O) groups excluding carboxylic acids is 1. The molecule has 0 radical (unpaired) electrons. The van der Waals surface area contributed by atoms with E-state index in [2.05, 4.69) is 9.97 Å². The molecular formula is C24H21N5O2S. The quantitative estimate of drug-likeness (QED) is 0.373. The smallest absolute Gasteiger partial charge is 0.279 e. The molecule has 4 heterocycles. The summed E-state index contributed by atoms with van der Waals surface area (Å²) in [6.07, 6.45) is 5.34. The molecule has 160 valence electrons. The SMILES string of the molecule is CCOc1cccc2sc(N(Cc3cccnc3)C(=O)c3c(C)nc4ccccn34)nc12. The first-order valence-electron chi connectivity index (χ1n) is 10.3. The highest BCUT2D eigenvalue weighted by Crippen LogP contribution is 2.35. The number of benzene rings is 1. The van der Waals surface area contributed by atoms with Gasteiger partial charge in [0.05, 0.1) is 23.5 Å². The number of imidazole rings is 1. The summed E-state index contributed by atoms with van der Waals surface area (Å²) in [7, 11) is 0. The number of carbonyl (C=O) groups is 1. The van der Waals surface area contributed by atoms with Crippen LogP contribution in [-0.2, 0) is 6.54 Å². The van der Waals surface area contributed by atoms with Crippen molar-refractivity contribution in [3.05, 3.63) is 84.1 Å². The van der Waals surface area contributed by atoms with E-state index in [1.165, 1.54) is 11.3 Å². The second-order valence-corrected chi connectivity index (χ2v) is 8.27. The number of hydrogen-bond donors (Lipinski definition) is 0. The minimum atomic E-state index is -0.165. The molecule has 0 N–H and O–H groups in total. The fraction of sp³-hybridized carbons (Fsp3) is 0.167. The van der Waals surface area contributed by atoms with E-state index >= 15 is 0 Å². The van der Waals surface area contributed by atoms with Gasteiger partial charge in [0.25, 0.3) is 5.91 Å². The van der Waals surface area contributed by atoms with Crippen LogP contribution in [0.1, 0.15) is 28.7 Å². The Balaban J connectivity index is 1.64. The number of thiazole rings is 1. The highest BCUT2D eigenvalue weighted by Gasteiger charge is 2.27. The standard InChI is InChI=1S/C24H21N5O2S/c1-3-31-18-9-6-10-19-21(18)27-24(32-19)29(15-17-8-7-12-25-14-17)23(30)22-16(2)26-20-11-4-5-13-28(20)22/h4-14H,3,15H2,1-2H3. The zero-order valence-electron chi connectivity index (χ0n) is 17.7. The zero-order valence-corrected chi connectivity index (χ0v) is 18.5. The lowest BCUT2D eigenvalue weighted by atomic mass is 10.2. The van der Waals surface area contributed by atoms with Gasteiger partial charge in [-0.25, -0.2) is 9.97 Å². The van der Waals surface area contributed by atoms with Crippen LogP contribution >= 0.6 is 11.3 Å². The summed E-state index contributed by atoms with van der Waals surface area (Å²) in [6, 6.07) is 15.3. The summed E-state index contributed by atoms with van der Waals surface area (Å²) in [6.45, 7) is 4.69. The van der Waals surface area contributed by atoms with Crippen molar-refractivity contribution in [3.8, 4) is 5.75 Å². The fourth-order valence-electron chi connectivity index (χ4n) is 3.70. The van der Waals surface area contributed by atoms with Crippen molar-refractivity contribution in [3.63, 3.8) is 0 Å². The van der Waals surface area contributed by atoms with E-state index < -0.39 is 0 Å². The van der Waals surface area contributed by atoms with Gasteiger partial charge in [0, 0.05) is 18.6 Å². The van der Waals surface area contributed by atoms with Gasteiger partial charge in [-0.05, 0) is 49.7 Å². The Kier molecular flexibility index (Phi) is 5.28. The van der Waals surface area contributed by atoms with Gasteiger partial charge in [-0.3, -0.25) is 19.1 Å². The molecule has 0 bridgehead atoms. The minimum Gasteiger partial charge on any atom is -0.492 e. The van der Waals surface area contributed by atoms with Crippen LogP contribution in [-0.4, -0.2) is 31.9 Å². The molecule has 8 heteroatoms. The Bertz CT molecular complexity index is 1410. The van der Waals surface area contributed by atoms with Crippen LogP contribution in [0.3, 0.4) is 0 Å². The predicted molar refractivity (Wildman–Crippen MR) is 125 cm³/mol. The maximum Gasteiger partial charge on any atom is 0.279 e. The Morgan fingerprint density at radius 3 is 2.84 bits per heavy atom. The number of anilines is 1. The number of amides is 1. The average molecular weight is 444 g/mol. The van der Waals surface area contributed by atoms with Crippen molar-refractivity contribution in [2.75, 3.05) is 11.5 Å². The molecule has 4 aromatic heterocycles. The summed E-state index contributed by atoms with van der Waals surface area (Å²) in [5.41, 5.74) is 3.60. The molecule has 0 aliphatic rings. The molecule has 5 aromatic rings. The number of pyridine rings is 2. The highest BCUT2D eigenvalue weighted by atomic mass is 32.1. The number of aromatic nitrogens is 4. The summed E-state index contributed by atoms with van der Waals surface area (Å²) in [4.78, 5) is 29.2. The van der Waals surface area contributed by atoms with Crippen LogP contribution in [0, 0.1) is 6.92 Å². The first kappa shape index (κ1) is 20.1. The largest absolute Gasteiger partial charge is 0.492 e. The molecule has 0 aliphatic carbocycles. The molecule has 0 fully saturated rings. The van der Waals surface area contributed by atoms with E-state index in [9.17, 15) is 4.79 Å². The van der Waals surface area contributed by atoms with Crippen molar-refractivity contribution in [1.29, 1.82) is 0 Å². The second-order valence-electron chi connectivity index (χ2n) is 7.26. The van der Waals surface area contributed by atoms with Crippen molar-refractivity contribution < 1.29 is 9.53 Å². The van der Waals surface area contributed by atoms with Gasteiger partial charge in [0.1, 0.15) is 22.6 Å². The zero-order chi connectivity index (χ0) is 22.1. The second kappa shape index (κ2) is 8.39. The Hall–Kier alpha value is -3.78. The van der Waals surface area contributed by atoms with Crippen molar-refractivity contribution in [2.24, 2.45) is 0 Å². The molecule has 0 atom stereocenters. The number of para-hydroxylation sites is 1. The molecule has 1 aromatic carbocycles. The molecule has 5 rings (SSSR count). The van der Waals surface area contributed by atoms with E-state index in [1.807, 2.05) is 73.0 Å². The lowest BCUT2D eigenvalue weighted by molar-refractivity contribution is 0.0979. The third-order valence-corrected chi connectivity index (χ3v) is 6.16. The maximum atomic E-state index is 13.9. The Morgan fingerprint density at radius 2 is 2.03 bits per heavy atom. The molecule has 0 saturated heterocycles. The molecule has 0 aliphatic heterocycles. The maximum absolute atomic E-state index is 13.9. The van der Waals surface area contributed by atoms with Gasteiger partial charge in [0.2, 0.25) is 0 Å². The summed E-state index contributed by atoms with van der Waals surface area (Å²) >= 11 is 1.47. The van der Waals surface area contributed by atoms with Crippen molar-refractivity contribution >= 4 is 38.2 Å². The molecule has 0 spiro atoms. The Morgan fingerprint density at radius 1 is 1.12 bits per heavy atom. The Labute approximate surface area is 189 Å². The van der Waals surface area contributed by atoms with Gasteiger partial charge in [-0.15, -0.1) is 0 Å². The number of aryl methyl sites for hydroxylation is 1. The van der Waals surface area contributed by atoms with Gasteiger partial charge >= 0.3 is 0 Å². The molecule has 7 nitrogen and oxygen atoms in total. The van der Waals surface area contributed by atoms with E-state index in [-0.39, 0.29) is 5.91 Å². The number of rotatable bonds is 6. The molecular weight excluding hydrogens is 422 g/mol. The third-order valence-electron chi connectivity index (χ3n) is 5.12. The molecule has 0 saturated carbocycles. The summed E-state index contributed by atoms with van der Waals surface area (Å²) < 4.78 is 8.55. The van der Waals surface area contributed by atoms with Crippen molar-refractivity contribution in [2.45, 2.75) is 20.4 Å². The predicted octanol–water partition coefficient (Wildman–Crippen LogP) is 4.89. The van der Waals surface area contributed by atoms with Gasteiger partial charge in [-0.1, -0.05) is 29.5 Å². The van der Waals surface area contributed by atoms with Crippen LogP contribution in [0.2, 0.25) is 0 Å². The van der Waals surface area contributed by atoms with Crippen LogP contribution in [0.15, 0.2) is 67.1 Å². The topological polar surface area (TPSA) is 72.6 Å². The number of ether oxygens (including phenoxy) is 1. The van der Waals surface area contributed by atoms with Gasteiger partial charge < -0.3 is 4.74 Å². The third kappa shape index (κ3) is 3.58. The monoisotopic (exact) mass is 443 g/mol. The van der Waals surface area contributed by atoms with Gasteiger partial charge in [0.15, 0.2) is 5.13 Å². The number of fused-ring (bicyclic) bond motifs is 2. The van der Waals surface area contributed by atoms with Crippen LogP contribution in [0.25, 0.3) is 15.9 Å². The summed E-state index contributed by atoms with van der Waals surface area (Å²) in [5.74, 6) is 0.550. The first-order chi connectivity index (χ1) is 15.7. The van der Waals surface area contributed by atoms with Gasteiger partial charge in [-0.2, -0.15) is 0 Å². The number of nitrogens with zero attached hydrogens (tertiary/aromatic N) is 5. The number of hydrogen-bond acceptors (Lipinski definition) is 6. The van der Waals surface area contributed by atoms with E-state index in [0.717, 1.165) is 21.4 Å². The lowest BCUT2D eigenvalue weighted by Crippen LogP contribution is -2.31. The highest BCUT2D eigenvalue weighted by molar-refractivity contribution is 7.22. The van der Waals surface area contributed by atoms with E-state index in [0.29, 0.717) is 35.4 Å². The molecule has 32 heavy (non-hydrogen) atoms. The van der Waals surface area contributed by atoms with E-state index in [4.69, 9.17) is 9.72 Å². The van der Waals surface area contributed by atoms with E-state index in [1.54, 1.807) is 17.3 Å². The summed E-state index contributed by atoms with van der Waals surface area (Å²) in [5, 5.41) is 0.603.